The van der Waals surface area contributed by atoms with Crippen LogP contribution >= 0.6 is 0 Å². The van der Waals surface area contributed by atoms with Crippen molar-refractivity contribution in [1.29, 1.82) is 0 Å². The van der Waals surface area contributed by atoms with Gasteiger partial charge in [0.05, 0.1) is 42.3 Å². The number of likely N-dealkylation sites (N-methyl/N-ethyl adjacent to an activating group) is 1. The van der Waals surface area contributed by atoms with Crippen LogP contribution in [-0.2, 0) is 32.5 Å². The van der Waals surface area contributed by atoms with E-state index < -0.39 is 16.3 Å². The first-order valence-corrected chi connectivity index (χ1v) is 13.3. The van der Waals surface area contributed by atoms with Crippen LogP contribution in [0.5, 0.6) is 5.75 Å². The second kappa shape index (κ2) is 9.65. The Morgan fingerprint density at radius 1 is 1.12 bits per heavy atom. The average Bonchev–Trinajstić information content (AvgIpc) is 3.38. The predicted octanol–water partition coefficient (Wildman–Crippen LogP) is 3.43. The van der Waals surface area contributed by atoms with E-state index in [2.05, 4.69) is 16.7 Å². The Morgan fingerprint density at radius 3 is 2.53 bits per heavy atom. The molecule has 0 unspecified atom stereocenters. The lowest BCUT2D eigenvalue weighted by atomic mass is 10.1. The third-order valence-corrected chi connectivity index (χ3v) is 8.16. The van der Waals surface area contributed by atoms with E-state index in [0.717, 1.165) is 29.2 Å². The molecule has 0 bridgehead atoms. The van der Waals surface area contributed by atoms with Crippen molar-refractivity contribution in [3.63, 3.8) is 0 Å². The van der Waals surface area contributed by atoms with Gasteiger partial charge in [0.1, 0.15) is 11.6 Å². The third kappa shape index (κ3) is 4.98. The molecular formula is C25H31N3O5S. The molecule has 0 N–H and O–H groups in total. The number of aromatic nitrogens is 2. The number of hydrogen-bond donors (Lipinski definition) is 0. The van der Waals surface area contributed by atoms with E-state index >= 15 is 0 Å². The summed E-state index contributed by atoms with van der Waals surface area (Å²) in [6, 6.07) is 13.3. The number of benzene rings is 2. The molecule has 0 amide bonds. The van der Waals surface area contributed by atoms with Crippen molar-refractivity contribution in [3.05, 3.63) is 53.9 Å². The molecule has 1 aromatic heterocycles. The highest BCUT2D eigenvalue weighted by molar-refractivity contribution is 7.89. The number of nitrogens with zero attached hydrogens (tertiary/aromatic N) is 3. The molecule has 8 nitrogen and oxygen atoms in total. The molecule has 0 atom stereocenters. The first-order chi connectivity index (χ1) is 16.4. The lowest BCUT2D eigenvalue weighted by Crippen LogP contribution is -2.34. The zero-order chi connectivity index (χ0) is 23.7. The van der Waals surface area contributed by atoms with Crippen LogP contribution in [0.25, 0.3) is 11.0 Å². The summed E-state index contributed by atoms with van der Waals surface area (Å²) in [4.78, 5) is 5.11. The highest BCUT2D eigenvalue weighted by Gasteiger charge is 2.28. The van der Waals surface area contributed by atoms with Gasteiger partial charge in [-0.1, -0.05) is 12.1 Å². The van der Waals surface area contributed by atoms with Crippen LogP contribution in [-0.4, -0.2) is 62.0 Å². The fourth-order valence-corrected chi connectivity index (χ4v) is 5.45. The molecule has 2 aromatic carbocycles. The molecule has 2 aliphatic rings. The van der Waals surface area contributed by atoms with Gasteiger partial charge in [-0.3, -0.25) is 0 Å². The maximum atomic E-state index is 13.2. The Hall–Kier alpha value is -2.46. The Labute approximate surface area is 200 Å². The molecule has 3 aromatic rings. The van der Waals surface area contributed by atoms with Gasteiger partial charge in [-0.2, -0.15) is 4.31 Å². The van der Waals surface area contributed by atoms with E-state index in [1.165, 1.54) is 17.1 Å². The molecule has 2 heterocycles. The zero-order valence-corrected chi connectivity index (χ0v) is 20.5. The fraction of sp³-hybridized carbons (Fsp3) is 0.480. The van der Waals surface area contributed by atoms with Gasteiger partial charge in [-0.05, 0) is 61.6 Å². The van der Waals surface area contributed by atoms with Crippen molar-refractivity contribution in [2.75, 3.05) is 33.4 Å². The monoisotopic (exact) mass is 485 g/mol. The number of hydrogen-bond acceptors (Lipinski definition) is 6. The second-order valence-corrected chi connectivity index (χ2v) is 11.0. The summed E-state index contributed by atoms with van der Waals surface area (Å²) in [7, 11) is -2.14. The summed E-state index contributed by atoms with van der Waals surface area (Å²) in [5, 5.41) is 0. The lowest BCUT2D eigenvalue weighted by molar-refractivity contribution is -0.0482. The minimum atomic E-state index is -3.69. The van der Waals surface area contributed by atoms with Crippen molar-refractivity contribution in [3.8, 4) is 5.75 Å². The lowest BCUT2D eigenvalue weighted by Gasteiger charge is -2.20. The van der Waals surface area contributed by atoms with Crippen LogP contribution in [0.1, 0.15) is 31.2 Å². The first-order valence-electron chi connectivity index (χ1n) is 11.8. The van der Waals surface area contributed by atoms with Crippen LogP contribution in [0.15, 0.2) is 47.4 Å². The number of imidazole rings is 1. The van der Waals surface area contributed by atoms with Gasteiger partial charge in [0.2, 0.25) is 10.0 Å². The van der Waals surface area contributed by atoms with Crippen LogP contribution in [0.4, 0.5) is 0 Å². The summed E-state index contributed by atoms with van der Waals surface area (Å²) in [5.41, 5.74) is 2.81. The minimum Gasteiger partial charge on any atom is -0.494 e. The SMILES string of the molecule is CCOc1ccc(Cc2nc3cc(S(=O)(=O)N(C)CC4OCCO4)ccc3n2CC2CC2)cc1. The first kappa shape index (κ1) is 23.3. The normalized spacial score (nSPS) is 17.1. The summed E-state index contributed by atoms with van der Waals surface area (Å²) in [5.74, 6) is 2.46. The molecule has 5 rings (SSSR count). The molecule has 34 heavy (non-hydrogen) atoms. The van der Waals surface area contributed by atoms with Gasteiger partial charge in [-0.15, -0.1) is 0 Å². The van der Waals surface area contributed by atoms with Gasteiger partial charge in [0.25, 0.3) is 0 Å². The van der Waals surface area contributed by atoms with Gasteiger partial charge < -0.3 is 18.8 Å². The molecule has 0 radical (unpaired) electrons. The fourth-order valence-electron chi connectivity index (χ4n) is 4.27. The van der Waals surface area contributed by atoms with Crippen molar-refractivity contribution in [2.45, 2.75) is 43.9 Å². The van der Waals surface area contributed by atoms with Gasteiger partial charge in [0.15, 0.2) is 6.29 Å². The van der Waals surface area contributed by atoms with E-state index in [-0.39, 0.29) is 11.4 Å². The van der Waals surface area contributed by atoms with Crippen molar-refractivity contribution < 1.29 is 22.6 Å². The van der Waals surface area contributed by atoms with Crippen LogP contribution < -0.4 is 4.74 Å². The van der Waals surface area contributed by atoms with Crippen molar-refractivity contribution in [1.82, 2.24) is 13.9 Å². The van der Waals surface area contributed by atoms with E-state index in [9.17, 15) is 8.42 Å². The number of fused-ring (bicyclic) bond motifs is 1. The van der Waals surface area contributed by atoms with Gasteiger partial charge >= 0.3 is 0 Å². The van der Waals surface area contributed by atoms with E-state index in [0.29, 0.717) is 37.7 Å². The molecule has 9 heteroatoms. The topological polar surface area (TPSA) is 82.9 Å². The molecule has 1 aliphatic carbocycles. The number of sulfonamides is 1. The molecule has 2 fully saturated rings. The summed E-state index contributed by atoms with van der Waals surface area (Å²) < 4.78 is 46.3. The third-order valence-electron chi connectivity index (χ3n) is 6.34. The quantitative estimate of drug-likeness (QED) is 0.438. The summed E-state index contributed by atoms with van der Waals surface area (Å²) >= 11 is 0. The van der Waals surface area contributed by atoms with Crippen LogP contribution in [0.2, 0.25) is 0 Å². The number of ether oxygens (including phenoxy) is 3. The molecule has 1 saturated heterocycles. The van der Waals surface area contributed by atoms with Gasteiger partial charge in [-0.25, -0.2) is 13.4 Å². The Kier molecular flexibility index (Phi) is 6.61. The highest BCUT2D eigenvalue weighted by atomic mass is 32.2. The van der Waals surface area contributed by atoms with Crippen molar-refractivity contribution >= 4 is 21.1 Å². The summed E-state index contributed by atoms with van der Waals surface area (Å²) in [6.45, 7) is 4.64. The molecule has 0 spiro atoms. The smallest absolute Gasteiger partial charge is 0.243 e. The Morgan fingerprint density at radius 2 is 1.85 bits per heavy atom. The van der Waals surface area contributed by atoms with Gasteiger partial charge in [0, 0.05) is 20.0 Å². The molecule has 182 valence electrons. The van der Waals surface area contributed by atoms with Crippen molar-refractivity contribution in [2.24, 2.45) is 5.92 Å². The Bertz CT molecular complexity index is 1250. The number of rotatable bonds is 10. The summed E-state index contributed by atoms with van der Waals surface area (Å²) in [6.07, 6.45) is 2.60. The Balaban J connectivity index is 1.43. The maximum Gasteiger partial charge on any atom is 0.243 e. The average molecular weight is 486 g/mol. The van der Waals surface area contributed by atoms with E-state index in [4.69, 9.17) is 19.2 Å². The zero-order valence-electron chi connectivity index (χ0n) is 19.6. The highest BCUT2D eigenvalue weighted by Crippen LogP contribution is 2.33. The maximum absolute atomic E-state index is 13.2. The molecule has 1 aliphatic heterocycles. The second-order valence-electron chi connectivity index (χ2n) is 8.94. The predicted molar refractivity (Wildman–Crippen MR) is 128 cm³/mol. The molecule has 1 saturated carbocycles. The minimum absolute atomic E-state index is 0.152. The molecular weight excluding hydrogens is 454 g/mol. The largest absolute Gasteiger partial charge is 0.494 e. The van der Waals surface area contributed by atoms with E-state index in [1.807, 2.05) is 25.1 Å². The standard InChI is InChI=1S/C25H31N3O5S/c1-3-31-20-8-6-18(7-9-20)14-24-26-22-15-21(10-11-23(22)28(24)16-19-4-5-19)34(29,30)27(2)17-25-32-12-13-33-25/h6-11,15,19,25H,3-5,12-14,16-17H2,1-2H3. The van der Waals surface area contributed by atoms with Crippen LogP contribution in [0.3, 0.4) is 0 Å². The van der Waals surface area contributed by atoms with Crippen LogP contribution in [0, 0.1) is 5.92 Å². The van der Waals surface area contributed by atoms with E-state index in [1.54, 1.807) is 19.2 Å².